The van der Waals surface area contributed by atoms with Gasteiger partial charge in [-0.05, 0) is 18.1 Å². The molecule has 1 fully saturated rings. The van der Waals surface area contributed by atoms with Crippen molar-refractivity contribution < 1.29 is 22.8 Å². The third-order valence-electron chi connectivity index (χ3n) is 3.25. The molecule has 0 aliphatic carbocycles. The van der Waals surface area contributed by atoms with Crippen LogP contribution in [0, 0.1) is 0 Å². The summed E-state index contributed by atoms with van der Waals surface area (Å²) in [6.07, 6.45) is -3.65. The zero-order valence-electron chi connectivity index (χ0n) is 11.2. The van der Waals surface area contributed by atoms with Crippen molar-refractivity contribution >= 4 is 11.8 Å². The second kappa shape index (κ2) is 6.15. The maximum Gasteiger partial charge on any atom is 0.416 e. The summed E-state index contributed by atoms with van der Waals surface area (Å²) < 4.78 is 37.7. The molecule has 1 aromatic rings. The van der Waals surface area contributed by atoms with Crippen molar-refractivity contribution in [3.63, 3.8) is 0 Å². The molecule has 1 saturated heterocycles. The number of piperidine rings is 1. The van der Waals surface area contributed by atoms with Gasteiger partial charge in [-0.15, -0.1) is 0 Å². The minimum atomic E-state index is -4.42. The Morgan fingerprint density at radius 1 is 1.38 bits per heavy atom. The van der Waals surface area contributed by atoms with E-state index < -0.39 is 11.7 Å². The van der Waals surface area contributed by atoms with Gasteiger partial charge in [-0.25, -0.2) is 0 Å². The van der Waals surface area contributed by atoms with Crippen LogP contribution >= 0.6 is 0 Å². The summed E-state index contributed by atoms with van der Waals surface area (Å²) in [6, 6.07) is 4.55. The molecule has 0 bridgehead atoms. The quantitative estimate of drug-likeness (QED) is 0.891. The minimum absolute atomic E-state index is 0.0571. The van der Waals surface area contributed by atoms with E-state index in [0.29, 0.717) is 24.9 Å². The standard InChI is InChI=1S/C14H15F3N2O2/c15-14(16,17)10-3-1-2-9(6-10)7-13(21)19-11-4-5-12(20)18-8-11/h1-3,6,11H,4-5,7-8H2,(H,18,20)(H,19,21). The van der Waals surface area contributed by atoms with Gasteiger partial charge < -0.3 is 10.6 Å². The van der Waals surface area contributed by atoms with Crippen LogP contribution in [0.2, 0.25) is 0 Å². The summed E-state index contributed by atoms with van der Waals surface area (Å²) in [7, 11) is 0. The lowest BCUT2D eigenvalue weighted by Crippen LogP contribution is -2.48. The van der Waals surface area contributed by atoms with Crippen LogP contribution in [0.4, 0.5) is 13.2 Å². The van der Waals surface area contributed by atoms with E-state index in [0.717, 1.165) is 12.1 Å². The number of carbonyl (C=O) groups excluding carboxylic acids is 2. The van der Waals surface area contributed by atoms with Crippen LogP contribution in [0.15, 0.2) is 24.3 Å². The van der Waals surface area contributed by atoms with Gasteiger partial charge in [-0.1, -0.05) is 18.2 Å². The molecule has 114 valence electrons. The lowest BCUT2D eigenvalue weighted by atomic mass is 10.1. The van der Waals surface area contributed by atoms with Crippen molar-refractivity contribution in [1.29, 1.82) is 0 Å². The normalized spacial score (nSPS) is 19.0. The highest BCUT2D eigenvalue weighted by atomic mass is 19.4. The topological polar surface area (TPSA) is 58.2 Å². The summed E-state index contributed by atoms with van der Waals surface area (Å²) in [5.41, 5.74) is -0.458. The molecule has 0 saturated carbocycles. The number of benzene rings is 1. The zero-order chi connectivity index (χ0) is 15.5. The smallest absolute Gasteiger partial charge is 0.354 e. The highest BCUT2D eigenvalue weighted by Crippen LogP contribution is 2.29. The Labute approximate surface area is 119 Å². The Bertz CT molecular complexity index is 533. The molecule has 0 spiro atoms. The van der Waals surface area contributed by atoms with E-state index in [1.165, 1.54) is 12.1 Å². The zero-order valence-corrected chi connectivity index (χ0v) is 11.2. The number of rotatable bonds is 3. The van der Waals surface area contributed by atoms with E-state index >= 15 is 0 Å². The number of amides is 2. The molecule has 1 unspecified atom stereocenters. The first kappa shape index (κ1) is 15.3. The Kier molecular flexibility index (Phi) is 4.50. The lowest BCUT2D eigenvalue weighted by molar-refractivity contribution is -0.137. The van der Waals surface area contributed by atoms with Gasteiger partial charge in [-0.2, -0.15) is 13.2 Å². The monoisotopic (exact) mass is 300 g/mol. The van der Waals surface area contributed by atoms with E-state index in [4.69, 9.17) is 0 Å². The highest BCUT2D eigenvalue weighted by Gasteiger charge is 2.30. The molecule has 2 amide bonds. The maximum absolute atomic E-state index is 12.6. The first-order valence-electron chi connectivity index (χ1n) is 6.57. The molecule has 1 heterocycles. The van der Waals surface area contributed by atoms with Gasteiger partial charge in [0, 0.05) is 19.0 Å². The molecule has 1 aliphatic rings. The molecular weight excluding hydrogens is 285 g/mol. The molecule has 0 radical (unpaired) electrons. The highest BCUT2D eigenvalue weighted by molar-refractivity contribution is 5.80. The summed E-state index contributed by atoms with van der Waals surface area (Å²) in [6.45, 7) is 0.354. The molecule has 0 aromatic heterocycles. The molecule has 1 atom stereocenters. The predicted molar refractivity (Wildman–Crippen MR) is 69.3 cm³/mol. The number of hydrogen-bond acceptors (Lipinski definition) is 2. The van der Waals surface area contributed by atoms with E-state index in [2.05, 4.69) is 10.6 Å². The van der Waals surface area contributed by atoms with Crippen molar-refractivity contribution in [1.82, 2.24) is 10.6 Å². The third-order valence-corrected chi connectivity index (χ3v) is 3.25. The van der Waals surface area contributed by atoms with Gasteiger partial charge in [0.25, 0.3) is 0 Å². The fourth-order valence-electron chi connectivity index (χ4n) is 2.18. The number of halogens is 3. The fraction of sp³-hybridized carbons (Fsp3) is 0.429. The van der Waals surface area contributed by atoms with Crippen LogP contribution in [-0.2, 0) is 22.2 Å². The molecule has 1 aromatic carbocycles. The van der Waals surface area contributed by atoms with E-state index in [1.807, 2.05) is 0 Å². The van der Waals surface area contributed by atoms with Crippen molar-refractivity contribution in [2.24, 2.45) is 0 Å². The maximum atomic E-state index is 12.6. The van der Waals surface area contributed by atoms with Crippen LogP contribution in [0.1, 0.15) is 24.0 Å². The lowest BCUT2D eigenvalue weighted by Gasteiger charge is -2.23. The Hall–Kier alpha value is -2.05. The van der Waals surface area contributed by atoms with Gasteiger partial charge in [-0.3, -0.25) is 9.59 Å². The first-order valence-corrected chi connectivity index (χ1v) is 6.57. The molecule has 2 rings (SSSR count). The second-order valence-electron chi connectivity index (χ2n) is 4.98. The van der Waals surface area contributed by atoms with Crippen molar-refractivity contribution in [3.05, 3.63) is 35.4 Å². The van der Waals surface area contributed by atoms with Gasteiger partial charge in [0.2, 0.25) is 11.8 Å². The summed E-state index contributed by atoms with van der Waals surface area (Å²) in [5, 5.41) is 5.34. The average molecular weight is 300 g/mol. The van der Waals surface area contributed by atoms with Crippen molar-refractivity contribution in [3.8, 4) is 0 Å². The average Bonchev–Trinajstić information content (AvgIpc) is 2.41. The predicted octanol–water partition coefficient (Wildman–Crippen LogP) is 1.64. The van der Waals surface area contributed by atoms with Gasteiger partial charge in [0.05, 0.1) is 12.0 Å². The largest absolute Gasteiger partial charge is 0.416 e. The second-order valence-corrected chi connectivity index (χ2v) is 4.98. The number of alkyl halides is 3. The SMILES string of the molecule is O=C1CCC(NC(=O)Cc2cccc(C(F)(F)F)c2)CN1. The number of nitrogens with one attached hydrogen (secondary N) is 2. The van der Waals surface area contributed by atoms with Crippen molar-refractivity contribution in [2.45, 2.75) is 31.5 Å². The summed E-state index contributed by atoms with van der Waals surface area (Å²) in [4.78, 5) is 22.8. The Balaban J connectivity index is 1.92. The van der Waals surface area contributed by atoms with Gasteiger partial charge >= 0.3 is 6.18 Å². The van der Waals surface area contributed by atoms with Crippen LogP contribution in [0.5, 0.6) is 0 Å². The Morgan fingerprint density at radius 3 is 2.76 bits per heavy atom. The summed E-state index contributed by atoms with van der Waals surface area (Å²) in [5.74, 6) is -0.408. The third kappa shape index (κ3) is 4.47. The van der Waals surface area contributed by atoms with Crippen LogP contribution in [0.3, 0.4) is 0 Å². The molecule has 2 N–H and O–H groups in total. The van der Waals surface area contributed by atoms with Crippen LogP contribution in [0.25, 0.3) is 0 Å². The van der Waals surface area contributed by atoms with Gasteiger partial charge in [0.15, 0.2) is 0 Å². The van der Waals surface area contributed by atoms with Crippen LogP contribution < -0.4 is 10.6 Å². The molecule has 7 heteroatoms. The van der Waals surface area contributed by atoms with E-state index in [9.17, 15) is 22.8 Å². The number of carbonyl (C=O) groups is 2. The number of hydrogen-bond donors (Lipinski definition) is 2. The summed E-state index contributed by atoms with van der Waals surface area (Å²) >= 11 is 0. The van der Waals surface area contributed by atoms with Crippen LogP contribution in [-0.4, -0.2) is 24.4 Å². The van der Waals surface area contributed by atoms with Gasteiger partial charge in [0.1, 0.15) is 0 Å². The minimum Gasteiger partial charge on any atom is -0.354 e. The van der Waals surface area contributed by atoms with E-state index in [-0.39, 0.29) is 24.3 Å². The molecule has 1 aliphatic heterocycles. The molecule has 4 nitrogen and oxygen atoms in total. The van der Waals surface area contributed by atoms with E-state index in [1.54, 1.807) is 0 Å². The molecular formula is C14H15F3N2O2. The fourth-order valence-corrected chi connectivity index (χ4v) is 2.18. The molecule has 21 heavy (non-hydrogen) atoms. The van der Waals surface area contributed by atoms with Crippen molar-refractivity contribution in [2.75, 3.05) is 6.54 Å². The Morgan fingerprint density at radius 2 is 2.14 bits per heavy atom. The first-order chi connectivity index (χ1) is 9.84.